The van der Waals surface area contributed by atoms with Crippen LogP contribution in [-0.2, 0) is 4.74 Å². The van der Waals surface area contributed by atoms with Crippen LogP contribution in [-0.4, -0.2) is 29.7 Å². The fourth-order valence-electron chi connectivity index (χ4n) is 1.36. The molecule has 1 N–H and O–H groups in total. The van der Waals surface area contributed by atoms with E-state index < -0.39 is 0 Å². The van der Waals surface area contributed by atoms with Gasteiger partial charge in [0.25, 0.3) is 0 Å². The fourth-order valence-corrected chi connectivity index (χ4v) is 1.36. The third kappa shape index (κ3) is 4.36. The van der Waals surface area contributed by atoms with Crippen molar-refractivity contribution in [2.24, 2.45) is 0 Å². The molecule has 1 rings (SSSR count). The van der Waals surface area contributed by atoms with Gasteiger partial charge in [-0.25, -0.2) is 9.97 Å². The molecule has 0 aliphatic rings. The van der Waals surface area contributed by atoms with Gasteiger partial charge in [-0.15, -0.1) is 0 Å². The molecule has 0 saturated heterocycles. The Balaban J connectivity index is 2.50. The van der Waals surface area contributed by atoms with Gasteiger partial charge in [-0.3, -0.25) is 0 Å². The highest BCUT2D eigenvalue weighted by Crippen LogP contribution is 2.10. The van der Waals surface area contributed by atoms with E-state index in [-0.39, 0.29) is 6.04 Å². The Hall–Kier alpha value is -1.00. The number of hydrogen-bond donors (Lipinski definition) is 1. The van der Waals surface area contributed by atoms with Crippen LogP contribution in [0.4, 0.5) is 0 Å². The van der Waals surface area contributed by atoms with Crippen LogP contribution in [0.1, 0.15) is 31.9 Å². The number of nitrogens with one attached hydrogen (secondary N) is 1. The van der Waals surface area contributed by atoms with E-state index in [4.69, 9.17) is 4.74 Å². The lowest BCUT2D eigenvalue weighted by Gasteiger charge is -2.17. The van der Waals surface area contributed by atoms with Crippen molar-refractivity contribution >= 4 is 0 Å². The summed E-state index contributed by atoms with van der Waals surface area (Å²) in [6.07, 6.45) is 6.24. The molecule has 1 heterocycles. The topological polar surface area (TPSA) is 47.0 Å². The molecule has 0 aromatic carbocycles. The first-order valence-corrected chi connectivity index (χ1v) is 5.44. The standard InChI is InChI=1S/C11H19N3O/c1-3-5-15-8-11(14-4-2)10-6-12-9-13-7-10/h6-7,9,11,14H,3-5,8H2,1-2H3. The Kier molecular flexibility index (Phi) is 5.88. The predicted molar refractivity (Wildman–Crippen MR) is 59.6 cm³/mol. The highest BCUT2D eigenvalue weighted by molar-refractivity contribution is 5.09. The molecule has 0 amide bonds. The van der Waals surface area contributed by atoms with E-state index in [1.165, 1.54) is 0 Å². The summed E-state index contributed by atoms with van der Waals surface area (Å²) in [5.41, 5.74) is 1.08. The van der Waals surface area contributed by atoms with Gasteiger partial charge in [0.2, 0.25) is 0 Å². The first-order valence-electron chi connectivity index (χ1n) is 5.44. The fraction of sp³-hybridized carbons (Fsp3) is 0.636. The molecule has 0 spiro atoms. The van der Waals surface area contributed by atoms with Gasteiger partial charge in [0.05, 0.1) is 12.6 Å². The third-order valence-corrected chi connectivity index (χ3v) is 2.07. The van der Waals surface area contributed by atoms with Crippen LogP contribution in [0.3, 0.4) is 0 Å². The number of nitrogens with zero attached hydrogens (tertiary/aromatic N) is 2. The van der Waals surface area contributed by atoms with Crippen LogP contribution in [0, 0.1) is 0 Å². The van der Waals surface area contributed by atoms with Gasteiger partial charge >= 0.3 is 0 Å². The summed E-state index contributed by atoms with van der Waals surface area (Å²) in [5, 5.41) is 3.35. The maximum absolute atomic E-state index is 5.53. The van der Waals surface area contributed by atoms with E-state index in [1.54, 1.807) is 6.33 Å². The molecule has 0 fully saturated rings. The second-order valence-electron chi connectivity index (χ2n) is 3.36. The van der Waals surface area contributed by atoms with Crippen molar-refractivity contribution in [1.82, 2.24) is 15.3 Å². The van der Waals surface area contributed by atoms with Crippen molar-refractivity contribution in [3.63, 3.8) is 0 Å². The summed E-state index contributed by atoms with van der Waals surface area (Å²) in [6, 6.07) is 0.197. The minimum absolute atomic E-state index is 0.197. The molecule has 4 nitrogen and oxygen atoms in total. The molecular weight excluding hydrogens is 190 g/mol. The Morgan fingerprint density at radius 2 is 2.07 bits per heavy atom. The van der Waals surface area contributed by atoms with Crippen molar-refractivity contribution in [1.29, 1.82) is 0 Å². The SMILES string of the molecule is CCCOCC(NCC)c1cncnc1. The smallest absolute Gasteiger partial charge is 0.115 e. The molecule has 1 aromatic rings. The van der Waals surface area contributed by atoms with Crippen LogP contribution in [0.5, 0.6) is 0 Å². The second kappa shape index (κ2) is 7.31. The Morgan fingerprint density at radius 1 is 1.33 bits per heavy atom. The summed E-state index contributed by atoms with van der Waals surface area (Å²) in [4.78, 5) is 8.02. The first-order chi connectivity index (χ1) is 7.38. The maximum atomic E-state index is 5.53. The normalized spacial score (nSPS) is 12.7. The molecule has 84 valence electrons. The average Bonchev–Trinajstić information content (AvgIpc) is 2.29. The lowest BCUT2D eigenvalue weighted by molar-refractivity contribution is 0.112. The third-order valence-electron chi connectivity index (χ3n) is 2.07. The Morgan fingerprint density at radius 3 is 2.67 bits per heavy atom. The molecular formula is C11H19N3O. The molecule has 1 atom stereocenters. The molecule has 0 bridgehead atoms. The molecule has 0 saturated carbocycles. The van der Waals surface area contributed by atoms with Crippen LogP contribution in [0.15, 0.2) is 18.7 Å². The van der Waals surface area contributed by atoms with Crippen LogP contribution < -0.4 is 5.32 Å². The zero-order valence-corrected chi connectivity index (χ0v) is 9.44. The van der Waals surface area contributed by atoms with Gasteiger partial charge in [0.15, 0.2) is 0 Å². The van der Waals surface area contributed by atoms with Gasteiger partial charge in [-0.2, -0.15) is 0 Å². The number of ether oxygens (including phenoxy) is 1. The van der Waals surface area contributed by atoms with Gasteiger partial charge in [0.1, 0.15) is 6.33 Å². The number of aromatic nitrogens is 2. The van der Waals surface area contributed by atoms with Crippen molar-refractivity contribution in [2.75, 3.05) is 19.8 Å². The maximum Gasteiger partial charge on any atom is 0.115 e. The predicted octanol–water partition coefficient (Wildman–Crippen LogP) is 1.55. The van der Waals surface area contributed by atoms with Gasteiger partial charge in [-0.1, -0.05) is 13.8 Å². The summed E-state index contributed by atoms with van der Waals surface area (Å²) >= 11 is 0. The molecule has 4 heteroatoms. The summed E-state index contributed by atoms with van der Waals surface area (Å²) in [5.74, 6) is 0. The highest BCUT2D eigenvalue weighted by atomic mass is 16.5. The van der Waals surface area contributed by atoms with Crippen LogP contribution in [0.2, 0.25) is 0 Å². The van der Waals surface area contributed by atoms with Crippen LogP contribution >= 0.6 is 0 Å². The van der Waals surface area contributed by atoms with Crippen molar-refractivity contribution < 1.29 is 4.74 Å². The van der Waals surface area contributed by atoms with E-state index in [0.29, 0.717) is 6.61 Å². The Labute approximate surface area is 91.1 Å². The van der Waals surface area contributed by atoms with E-state index in [2.05, 4.69) is 29.1 Å². The lowest BCUT2D eigenvalue weighted by Crippen LogP contribution is -2.25. The van der Waals surface area contributed by atoms with Crippen molar-refractivity contribution in [3.05, 3.63) is 24.3 Å². The summed E-state index contributed by atoms with van der Waals surface area (Å²) in [6.45, 7) is 6.57. The van der Waals surface area contributed by atoms with Crippen molar-refractivity contribution in [2.45, 2.75) is 26.3 Å². The van der Waals surface area contributed by atoms with Gasteiger partial charge < -0.3 is 10.1 Å². The van der Waals surface area contributed by atoms with Gasteiger partial charge in [-0.05, 0) is 13.0 Å². The zero-order chi connectivity index (χ0) is 10.9. The molecule has 0 aliphatic carbocycles. The summed E-state index contributed by atoms with van der Waals surface area (Å²) < 4.78 is 5.53. The van der Waals surface area contributed by atoms with Gasteiger partial charge in [0, 0.05) is 24.6 Å². The average molecular weight is 209 g/mol. The highest BCUT2D eigenvalue weighted by Gasteiger charge is 2.10. The van der Waals surface area contributed by atoms with E-state index >= 15 is 0 Å². The molecule has 15 heavy (non-hydrogen) atoms. The number of rotatable bonds is 7. The molecule has 0 aliphatic heterocycles. The Bertz CT molecular complexity index is 253. The minimum atomic E-state index is 0.197. The van der Waals surface area contributed by atoms with E-state index in [0.717, 1.165) is 25.1 Å². The second-order valence-corrected chi connectivity index (χ2v) is 3.36. The molecule has 0 radical (unpaired) electrons. The minimum Gasteiger partial charge on any atom is -0.379 e. The largest absolute Gasteiger partial charge is 0.379 e. The molecule has 1 aromatic heterocycles. The number of hydrogen-bond acceptors (Lipinski definition) is 4. The lowest BCUT2D eigenvalue weighted by atomic mass is 10.1. The van der Waals surface area contributed by atoms with E-state index in [1.807, 2.05) is 12.4 Å². The van der Waals surface area contributed by atoms with E-state index in [9.17, 15) is 0 Å². The van der Waals surface area contributed by atoms with Crippen molar-refractivity contribution in [3.8, 4) is 0 Å². The molecule has 1 unspecified atom stereocenters. The monoisotopic (exact) mass is 209 g/mol. The zero-order valence-electron chi connectivity index (χ0n) is 9.44. The first kappa shape index (κ1) is 12.1. The summed E-state index contributed by atoms with van der Waals surface area (Å²) in [7, 11) is 0. The quantitative estimate of drug-likeness (QED) is 0.692. The number of likely N-dealkylation sites (N-methyl/N-ethyl adjacent to an activating group) is 1. The van der Waals surface area contributed by atoms with Crippen LogP contribution in [0.25, 0.3) is 0 Å².